The van der Waals surface area contributed by atoms with E-state index >= 15 is 0 Å². The Kier molecular flexibility index (Phi) is 3.36. The highest BCUT2D eigenvalue weighted by molar-refractivity contribution is 6.21. The third-order valence-electron chi connectivity index (χ3n) is 2.99. The van der Waals surface area contributed by atoms with E-state index in [-0.39, 0.29) is 11.9 Å². The van der Waals surface area contributed by atoms with Gasteiger partial charge in [0.15, 0.2) is 0 Å². The summed E-state index contributed by atoms with van der Waals surface area (Å²) >= 11 is 0. The summed E-state index contributed by atoms with van der Waals surface area (Å²) in [6.45, 7) is 6.01. The zero-order chi connectivity index (χ0) is 13.3. The molecule has 0 aliphatic carbocycles. The summed E-state index contributed by atoms with van der Waals surface area (Å²) < 4.78 is 0. The van der Waals surface area contributed by atoms with E-state index in [0.29, 0.717) is 18.0 Å². The average Bonchev–Trinajstić information content (AvgIpc) is 2.53. The quantitative estimate of drug-likeness (QED) is 0.833. The second-order valence-corrected chi connectivity index (χ2v) is 5.14. The third kappa shape index (κ3) is 2.37. The lowest BCUT2D eigenvalue weighted by Crippen LogP contribution is -2.31. The number of carbonyl (C=O) groups excluding carboxylic acids is 2. The molecule has 1 unspecified atom stereocenters. The first-order valence-electron chi connectivity index (χ1n) is 6.20. The Balaban J connectivity index is 2.24. The number of aryl methyl sites for hydroxylation is 1. The number of anilines is 1. The van der Waals surface area contributed by atoms with E-state index in [1.54, 1.807) is 6.07 Å². The van der Waals surface area contributed by atoms with Gasteiger partial charge in [-0.3, -0.25) is 4.79 Å². The Labute approximate surface area is 107 Å². The first kappa shape index (κ1) is 12.6. The van der Waals surface area contributed by atoms with Crippen molar-refractivity contribution in [2.24, 2.45) is 5.92 Å². The summed E-state index contributed by atoms with van der Waals surface area (Å²) in [6, 6.07) is 6.70. The maximum atomic E-state index is 12.2. The number of nitrogens with one attached hydrogen (secondary N) is 1. The van der Waals surface area contributed by atoms with Crippen LogP contribution >= 0.6 is 0 Å². The summed E-state index contributed by atoms with van der Waals surface area (Å²) in [7, 11) is 0. The predicted molar refractivity (Wildman–Crippen MR) is 70.4 cm³/mol. The van der Waals surface area contributed by atoms with E-state index in [0.717, 1.165) is 5.56 Å². The molecular formula is C14H18N2O2. The number of rotatable bonds is 3. The molecule has 2 rings (SSSR count). The van der Waals surface area contributed by atoms with Crippen LogP contribution in [0.25, 0.3) is 0 Å². The summed E-state index contributed by atoms with van der Waals surface area (Å²) in [4.78, 5) is 25.3. The van der Waals surface area contributed by atoms with E-state index in [4.69, 9.17) is 0 Å². The number of hydrogen-bond donors (Lipinski definition) is 1. The van der Waals surface area contributed by atoms with Gasteiger partial charge in [0.25, 0.3) is 5.91 Å². The van der Waals surface area contributed by atoms with Gasteiger partial charge in [-0.25, -0.2) is 9.69 Å². The van der Waals surface area contributed by atoms with Crippen LogP contribution < -0.4 is 10.2 Å². The Morgan fingerprint density at radius 2 is 2.06 bits per heavy atom. The number of carbonyl (C=O) groups is 2. The Bertz CT molecular complexity index is 482. The number of benzene rings is 1. The monoisotopic (exact) mass is 246 g/mol. The van der Waals surface area contributed by atoms with Gasteiger partial charge in [-0.05, 0) is 37.0 Å². The summed E-state index contributed by atoms with van der Waals surface area (Å²) in [5, 5.41) is 2.74. The van der Waals surface area contributed by atoms with Crippen LogP contribution in [0.15, 0.2) is 24.3 Å². The average molecular weight is 246 g/mol. The van der Waals surface area contributed by atoms with Gasteiger partial charge >= 0.3 is 6.03 Å². The van der Waals surface area contributed by atoms with Crippen molar-refractivity contribution in [3.8, 4) is 0 Å². The number of hydrogen-bond acceptors (Lipinski definition) is 2. The van der Waals surface area contributed by atoms with Crippen LogP contribution in [0, 0.1) is 12.8 Å². The SMILES string of the molecule is Cc1cccc(N2C(=O)NC(CC(C)C)C2=O)c1. The van der Waals surface area contributed by atoms with E-state index < -0.39 is 6.04 Å². The molecule has 0 aromatic heterocycles. The third-order valence-corrected chi connectivity index (χ3v) is 2.99. The Morgan fingerprint density at radius 3 is 2.67 bits per heavy atom. The molecule has 1 heterocycles. The molecule has 1 fully saturated rings. The highest BCUT2D eigenvalue weighted by atomic mass is 16.2. The molecule has 18 heavy (non-hydrogen) atoms. The minimum Gasteiger partial charge on any atom is -0.325 e. The number of nitrogens with zero attached hydrogens (tertiary/aromatic N) is 1. The smallest absolute Gasteiger partial charge is 0.325 e. The van der Waals surface area contributed by atoms with Crippen molar-refractivity contribution in [3.63, 3.8) is 0 Å². The minimum absolute atomic E-state index is 0.153. The van der Waals surface area contributed by atoms with Crippen molar-refractivity contribution >= 4 is 17.6 Å². The molecule has 1 aromatic carbocycles. The topological polar surface area (TPSA) is 49.4 Å². The first-order chi connectivity index (χ1) is 8.49. The van der Waals surface area contributed by atoms with Crippen molar-refractivity contribution in [3.05, 3.63) is 29.8 Å². The van der Waals surface area contributed by atoms with Crippen LogP contribution in [0.2, 0.25) is 0 Å². The normalized spacial score (nSPS) is 19.6. The molecule has 0 spiro atoms. The van der Waals surface area contributed by atoms with Gasteiger partial charge < -0.3 is 5.32 Å². The lowest BCUT2D eigenvalue weighted by molar-refractivity contribution is -0.118. The van der Waals surface area contributed by atoms with Gasteiger partial charge in [-0.2, -0.15) is 0 Å². The standard InChI is InChI=1S/C14H18N2O2/c1-9(2)7-12-13(17)16(14(18)15-12)11-6-4-5-10(3)8-11/h4-6,8-9,12H,7H2,1-3H3,(H,15,18). The van der Waals surface area contributed by atoms with Gasteiger partial charge in [0.2, 0.25) is 0 Å². The fourth-order valence-corrected chi connectivity index (χ4v) is 2.17. The Hall–Kier alpha value is -1.84. The Morgan fingerprint density at radius 1 is 1.33 bits per heavy atom. The summed E-state index contributed by atoms with van der Waals surface area (Å²) in [5.41, 5.74) is 1.67. The van der Waals surface area contributed by atoms with Crippen LogP contribution in [0.5, 0.6) is 0 Å². The highest BCUT2D eigenvalue weighted by Gasteiger charge is 2.38. The van der Waals surface area contributed by atoms with Crippen LogP contribution in [-0.4, -0.2) is 18.0 Å². The zero-order valence-corrected chi connectivity index (χ0v) is 10.9. The van der Waals surface area contributed by atoms with Gasteiger partial charge in [-0.15, -0.1) is 0 Å². The molecule has 0 radical (unpaired) electrons. The largest absolute Gasteiger partial charge is 0.329 e. The summed E-state index contributed by atoms with van der Waals surface area (Å²) in [5.74, 6) is 0.219. The van der Waals surface area contributed by atoms with E-state index in [1.165, 1.54) is 4.90 Å². The molecule has 0 saturated carbocycles. The second-order valence-electron chi connectivity index (χ2n) is 5.14. The molecular weight excluding hydrogens is 228 g/mol. The van der Waals surface area contributed by atoms with E-state index in [1.807, 2.05) is 39.0 Å². The van der Waals surface area contributed by atoms with Crippen molar-refractivity contribution in [1.82, 2.24) is 5.32 Å². The van der Waals surface area contributed by atoms with Gasteiger partial charge in [0.1, 0.15) is 6.04 Å². The maximum Gasteiger partial charge on any atom is 0.329 e. The molecule has 3 amide bonds. The lowest BCUT2D eigenvalue weighted by atomic mass is 10.0. The zero-order valence-electron chi connectivity index (χ0n) is 10.9. The van der Waals surface area contributed by atoms with Crippen molar-refractivity contribution < 1.29 is 9.59 Å². The molecule has 1 saturated heterocycles. The molecule has 1 aliphatic rings. The second kappa shape index (κ2) is 4.80. The van der Waals surface area contributed by atoms with Crippen molar-refractivity contribution in [2.75, 3.05) is 4.90 Å². The first-order valence-corrected chi connectivity index (χ1v) is 6.20. The molecule has 1 atom stereocenters. The van der Waals surface area contributed by atoms with Gasteiger partial charge in [0.05, 0.1) is 5.69 Å². The van der Waals surface area contributed by atoms with Crippen LogP contribution in [0.4, 0.5) is 10.5 Å². The van der Waals surface area contributed by atoms with Crippen LogP contribution in [-0.2, 0) is 4.79 Å². The highest BCUT2D eigenvalue weighted by Crippen LogP contribution is 2.22. The lowest BCUT2D eigenvalue weighted by Gasteiger charge is -2.14. The maximum absolute atomic E-state index is 12.2. The molecule has 1 N–H and O–H groups in total. The predicted octanol–water partition coefficient (Wildman–Crippen LogP) is 2.47. The van der Waals surface area contributed by atoms with E-state index in [9.17, 15) is 9.59 Å². The fourth-order valence-electron chi connectivity index (χ4n) is 2.17. The number of amides is 3. The van der Waals surface area contributed by atoms with Gasteiger partial charge in [0, 0.05) is 0 Å². The molecule has 1 aromatic rings. The fraction of sp³-hybridized carbons (Fsp3) is 0.429. The molecule has 4 nitrogen and oxygen atoms in total. The van der Waals surface area contributed by atoms with Crippen molar-refractivity contribution in [2.45, 2.75) is 33.2 Å². The van der Waals surface area contributed by atoms with Crippen LogP contribution in [0.1, 0.15) is 25.8 Å². The van der Waals surface area contributed by atoms with E-state index in [2.05, 4.69) is 5.32 Å². The van der Waals surface area contributed by atoms with Crippen LogP contribution in [0.3, 0.4) is 0 Å². The number of urea groups is 1. The summed E-state index contributed by atoms with van der Waals surface area (Å²) in [6.07, 6.45) is 0.674. The molecule has 96 valence electrons. The minimum atomic E-state index is -0.391. The van der Waals surface area contributed by atoms with Gasteiger partial charge in [-0.1, -0.05) is 26.0 Å². The van der Waals surface area contributed by atoms with Crippen molar-refractivity contribution in [1.29, 1.82) is 0 Å². The molecule has 0 bridgehead atoms. The molecule has 1 aliphatic heterocycles. The molecule has 4 heteroatoms. The number of imide groups is 1.